The molecule has 0 aliphatic carbocycles. The van der Waals surface area contributed by atoms with Crippen molar-refractivity contribution in [2.24, 2.45) is 0 Å². The van der Waals surface area contributed by atoms with Crippen LogP contribution in [0.15, 0.2) is 34.9 Å². The van der Waals surface area contributed by atoms with Crippen molar-refractivity contribution in [2.45, 2.75) is 58.5 Å². The molecule has 0 saturated carbocycles. The average Bonchev–Trinajstić information content (AvgIpc) is 2.98. The number of hydrogen-bond acceptors (Lipinski definition) is 4. The fourth-order valence-corrected chi connectivity index (χ4v) is 2.60. The normalized spacial score (nSPS) is 11.8. The lowest BCUT2D eigenvalue weighted by molar-refractivity contribution is 0.265. The van der Waals surface area contributed by atoms with E-state index in [9.17, 15) is 0 Å². The van der Waals surface area contributed by atoms with Gasteiger partial charge in [-0.2, -0.15) is 4.98 Å². The predicted molar refractivity (Wildman–Crippen MR) is 84.0 cm³/mol. The van der Waals surface area contributed by atoms with Gasteiger partial charge in [0.15, 0.2) is 5.82 Å². The minimum absolute atomic E-state index is 0.175. The highest BCUT2D eigenvalue weighted by Crippen LogP contribution is 2.19. The molecule has 1 heterocycles. The van der Waals surface area contributed by atoms with Gasteiger partial charge in [-0.3, -0.25) is 0 Å². The summed E-state index contributed by atoms with van der Waals surface area (Å²) in [6.45, 7) is 7.29. The maximum absolute atomic E-state index is 5.34. The van der Waals surface area contributed by atoms with Crippen LogP contribution in [0, 0.1) is 0 Å². The molecule has 0 bridgehead atoms. The molecule has 0 aliphatic rings. The summed E-state index contributed by atoms with van der Waals surface area (Å²) in [5, 5.41) is 7.64. The van der Waals surface area contributed by atoms with E-state index in [1.54, 1.807) is 0 Å². The van der Waals surface area contributed by atoms with E-state index < -0.39 is 0 Å². The largest absolute Gasteiger partial charge is 0.338 e. The van der Waals surface area contributed by atoms with Crippen LogP contribution in [0.4, 0.5) is 0 Å². The molecule has 0 amide bonds. The first-order chi connectivity index (χ1) is 10.2. The van der Waals surface area contributed by atoms with Crippen LogP contribution >= 0.6 is 0 Å². The molecule has 1 aromatic carbocycles. The van der Waals surface area contributed by atoms with E-state index in [1.165, 1.54) is 5.56 Å². The molecule has 0 radical (unpaired) electrons. The van der Waals surface area contributed by atoms with Crippen LogP contribution in [0.25, 0.3) is 0 Å². The smallest absolute Gasteiger partial charge is 0.240 e. The second kappa shape index (κ2) is 7.36. The summed E-state index contributed by atoms with van der Waals surface area (Å²) in [4.78, 5) is 4.47. The van der Waals surface area contributed by atoms with E-state index in [0.29, 0.717) is 18.9 Å². The van der Waals surface area contributed by atoms with E-state index in [0.717, 1.165) is 25.1 Å². The molecule has 4 heteroatoms. The Bertz CT molecular complexity index is 524. The first-order valence-corrected chi connectivity index (χ1v) is 7.81. The maximum Gasteiger partial charge on any atom is 0.240 e. The molecule has 0 aliphatic heterocycles. The van der Waals surface area contributed by atoms with Crippen molar-refractivity contribution < 1.29 is 4.52 Å². The monoisotopic (exact) mass is 287 g/mol. The lowest BCUT2D eigenvalue weighted by Crippen LogP contribution is -2.43. The van der Waals surface area contributed by atoms with Gasteiger partial charge in [-0.1, -0.05) is 56.3 Å². The Kier molecular flexibility index (Phi) is 5.51. The topological polar surface area (TPSA) is 51.0 Å². The molecule has 21 heavy (non-hydrogen) atoms. The van der Waals surface area contributed by atoms with Crippen LogP contribution in [0.5, 0.6) is 0 Å². The quantitative estimate of drug-likeness (QED) is 0.804. The van der Waals surface area contributed by atoms with E-state index in [2.05, 4.69) is 48.4 Å². The first-order valence-electron chi connectivity index (χ1n) is 7.81. The van der Waals surface area contributed by atoms with Gasteiger partial charge in [0.2, 0.25) is 5.89 Å². The molecule has 0 saturated heterocycles. The third kappa shape index (κ3) is 4.14. The van der Waals surface area contributed by atoms with Crippen molar-refractivity contribution in [3.8, 4) is 0 Å². The highest BCUT2D eigenvalue weighted by Gasteiger charge is 2.23. The molecular weight excluding hydrogens is 262 g/mol. The molecule has 2 aromatic rings. The number of aromatic nitrogens is 2. The van der Waals surface area contributed by atoms with Gasteiger partial charge in [-0.25, -0.2) is 0 Å². The lowest BCUT2D eigenvalue weighted by Gasteiger charge is -2.31. The van der Waals surface area contributed by atoms with Crippen molar-refractivity contribution in [3.63, 3.8) is 0 Å². The maximum atomic E-state index is 5.34. The lowest BCUT2D eigenvalue weighted by atomic mass is 9.90. The van der Waals surface area contributed by atoms with Crippen molar-refractivity contribution in [3.05, 3.63) is 47.6 Å². The van der Waals surface area contributed by atoms with Gasteiger partial charge in [0.25, 0.3) is 0 Å². The van der Waals surface area contributed by atoms with Gasteiger partial charge < -0.3 is 9.84 Å². The summed E-state index contributed by atoms with van der Waals surface area (Å²) in [6, 6.07) is 10.2. The predicted octanol–water partition coefficient (Wildman–Crippen LogP) is 3.72. The van der Waals surface area contributed by atoms with E-state index in [-0.39, 0.29) is 5.54 Å². The Labute approximate surface area is 127 Å². The molecule has 1 N–H and O–H groups in total. The molecule has 114 valence electrons. The first kappa shape index (κ1) is 15.7. The number of rotatable bonds is 8. The molecule has 0 fully saturated rings. The standard InChI is InChI=1S/C17H25N3O/c1-4-17(5-2,6-3)18-13-16-19-15(20-21-16)12-14-10-8-7-9-11-14/h7-11,18H,4-6,12-13H2,1-3H3. The Morgan fingerprint density at radius 1 is 1.05 bits per heavy atom. The van der Waals surface area contributed by atoms with Crippen LogP contribution in [0.2, 0.25) is 0 Å². The fraction of sp³-hybridized carbons (Fsp3) is 0.529. The molecule has 1 aromatic heterocycles. The van der Waals surface area contributed by atoms with E-state index in [1.807, 2.05) is 18.2 Å². The van der Waals surface area contributed by atoms with Gasteiger partial charge in [0.05, 0.1) is 6.54 Å². The highest BCUT2D eigenvalue weighted by atomic mass is 16.5. The fourth-order valence-electron chi connectivity index (χ4n) is 2.60. The van der Waals surface area contributed by atoms with E-state index in [4.69, 9.17) is 4.52 Å². The molecular formula is C17H25N3O. The van der Waals surface area contributed by atoms with Crippen LogP contribution in [0.3, 0.4) is 0 Å². The zero-order valence-corrected chi connectivity index (χ0v) is 13.2. The van der Waals surface area contributed by atoms with Gasteiger partial charge in [0.1, 0.15) is 0 Å². The molecule has 0 unspecified atom stereocenters. The summed E-state index contributed by atoms with van der Waals surface area (Å²) >= 11 is 0. The Morgan fingerprint density at radius 3 is 2.33 bits per heavy atom. The molecule has 0 atom stereocenters. The minimum Gasteiger partial charge on any atom is -0.338 e. The van der Waals surface area contributed by atoms with Gasteiger partial charge >= 0.3 is 0 Å². The van der Waals surface area contributed by atoms with Crippen molar-refractivity contribution in [2.75, 3.05) is 0 Å². The molecule has 4 nitrogen and oxygen atoms in total. The zero-order valence-electron chi connectivity index (χ0n) is 13.2. The van der Waals surface area contributed by atoms with Gasteiger partial charge in [-0.05, 0) is 24.8 Å². The number of hydrogen-bond donors (Lipinski definition) is 1. The summed E-state index contributed by atoms with van der Waals surface area (Å²) in [5.41, 5.74) is 1.37. The van der Waals surface area contributed by atoms with Crippen LogP contribution in [-0.4, -0.2) is 15.7 Å². The van der Waals surface area contributed by atoms with Gasteiger partial charge in [0, 0.05) is 12.0 Å². The second-order valence-electron chi connectivity index (χ2n) is 5.46. The average molecular weight is 287 g/mol. The highest BCUT2D eigenvalue weighted by molar-refractivity contribution is 5.18. The van der Waals surface area contributed by atoms with Crippen molar-refractivity contribution >= 4 is 0 Å². The molecule has 0 spiro atoms. The van der Waals surface area contributed by atoms with Crippen molar-refractivity contribution in [1.29, 1.82) is 0 Å². The third-order valence-corrected chi connectivity index (χ3v) is 4.36. The number of nitrogens with one attached hydrogen (secondary N) is 1. The summed E-state index contributed by atoms with van der Waals surface area (Å²) in [7, 11) is 0. The van der Waals surface area contributed by atoms with Crippen LogP contribution in [-0.2, 0) is 13.0 Å². The summed E-state index contributed by atoms with van der Waals surface area (Å²) < 4.78 is 5.34. The Morgan fingerprint density at radius 2 is 1.71 bits per heavy atom. The summed E-state index contributed by atoms with van der Waals surface area (Å²) in [6.07, 6.45) is 4.02. The number of nitrogens with zero attached hydrogens (tertiary/aromatic N) is 2. The van der Waals surface area contributed by atoms with E-state index >= 15 is 0 Å². The van der Waals surface area contributed by atoms with Crippen LogP contribution < -0.4 is 5.32 Å². The zero-order chi connectivity index (χ0) is 15.1. The Balaban J connectivity index is 1.94. The molecule has 2 rings (SSSR count). The van der Waals surface area contributed by atoms with Crippen LogP contribution in [0.1, 0.15) is 57.3 Å². The van der Waals surface area contributed by atoms with Gasteiger partial charge in [-0.15, -0.1) is 0 Å². The summed E-state index contributed by atoms with van der Waals surface area (Å²) in [5.74, 6) is 1.41. The second-order valence-corrected chi connectivity index (χ2v) is 5.46. The Hall–Kier alpha value is -1.68. The number of benzene rings is 1. The third-order valence-electron chi connectivity index (χ3n) is 4.36. The minimum atomic E-state index is 0.175. The SMILES string of the molecule is CCC(CC)(CC)NCc1nc(Cc2ccccc2)no1. The van der Waals surface area contributed by atoms with Crippen molar-refractivity contribution in [1.82, 2.24) is 15.5 Å².